The van der Waals surface area contributed by atoms with Crippen LogP contribution >= 0.6 is 38.5 Å². The summed E-state index contributed by atoms with van der Waals surface area (Å²) in [6.07, 6.45) is 0. The van der Waals surface area contributed by atoms with Crippen LogP contribution in [-0.4, -0.2) is 5.91 Å². The van der Waals surface area contributed by atoms with E-state index < -0.39 is 5.82 Å². The Morgan fingerprint density at radius 3 is 2.63 bits per heavy atom. The first-order chi connectivity index (χ1) is 8.95. The van der Waals surface area contributed by atoms with Crippen molar-refractivity contribution < 1.29 is 9.18 Å². The van der Waals surface area contributed by atoms with E-state index in [2.05, 4.69) is 43.8 Å². The first kappa shape index (κ1) is 14.5. The summed E-state index contributed by atoms with van der Waals surface area (Å²) in [7, 11) is 0. The standard InChI is InChI=1S/C14H10BrFINO/c1-8-4-12(17)2-3-13(8)18-14(19)9-5-10(15)7-11(16)6-9/h2-7H,1H3,(H,18,19). The number of amides is 1. The van der Waals surface area contributed by atoms with Gasteiger partial charge in [0.2, 0.25) is 0 Å². The van der Waals surface area contributed by atoms with Crippen molar-refractivity contribution in [2.45, 2.75) is 6.92 Å². The first-order valence-corrected chi connectivity index (χ1v) is 7.36. The number of carbonyl (C=O) groups is 1. The van der Waals surface area contributed by atoms with Crippen molar-refractivity contribution in [2.24, 2.45) is 0 Å². The van der Waals surface area contributed by atoms with E-state index in [0.29, 0.717) is 4.47 Å². The zero-order valence-corrected chi connectivity index (χ0v) is 13.7. The van der Waals surface area contributed by atoms with E-state index >= 15 is 0 Å². The second kappa shape index (κ2) is 6.00. The van der Waals surface area contributed by atoms with Crippen LogP contribution < -0.4 is 5.32 Å². The molecule has 0 radical (unpaired) electrons. The molecule has 2 aromatic rings. The molecule has 0 saturated heterocycles. The molecular formula is C14H10BrFINO. The fourth-order valence-corrected chi connectivity index (χ4v) is 2.76. The van der Waals surface area contributed by atoms with Gasteiger partial charge < -0.3 is 5.32 Å². The Bertz CT molecular complexity index is 625. The maximum atomic E-state index is 13.2. The minimum absolute atomic E-state index is 0.282. The van der Waals surface area contributed by atoms with E-state index in [1.54, 1.807) is 6.07 Å². The molecule has 2 aromatic carbocycles. The van der Waals surface area contributed by atoms with Gasteiger partial charge in [0, 0.05) is 19.3 Å². The van der Waals surface area contributed by atoms with Crippen LogP contribution in [0.15, 0.2) is 40.9 Å². The molecule has 2 rings (SSSR count). The lowest BCUT2D eigenvalue weighted by molar-refractivity contribution is 0.102. The maximum absolute atomic E-state index is 13.2. The quantitative estimate of drug-likeness (QED) is 0.680. The predicted molar refractivity (Wildman–Crippen MR) is 85.9 cm³/mol. The number of nitrogens with one attached hydrogen (secondary N) is 1. The summed E-state index contributed by atoms with van der Waals surface area (Å²) in [5.74, 6) is -0.775. The van der Waals surface area contributed by atoms with Gasteiger partial charge in [-0.05, 0) is 71.5 Å². The Labute approximate surface area is 132 Å². The molecular weight excluding hydrogens is 424 g/mol. The van der Waals surface area contributed by atoms with E-state index in [9.17, 15) is 9.18 Å². The highest BCUT2D eigenvalue weighted by Crippen LogP contribution is 2.20. The molecule has 2 nitrogen and oxygen atoms in total. The van der Waals surface area contributed by atoms with E-state index in [4.69, 9.17) is 0 Å². The van der Waals surface area contributed by atoms with Gasteiger partial charge in [-0.25, -0.2) is 4.39 Å². The molecule has 0 saturated carbocycles. The van der Waals surface area contributed by atoms with Gasteiger partial charge in [0.15, 0.2) is 0 Å². The van der Waals surface area contributed by atoms with Gasteiger partial charge in [0.1, 0.15) is 5.82 Å². The van der Waals surface area contributed by atoms with Crippen molar-refractivity contribution in [1.82, 2.24) is 0 Å². The summed E-state index contributed by atoms with van der Waals surface area (Å²) in [5, 5.41) is 2.78. The molecule has 1 amide bonds. The lowest BCUT2D eigenvalue weighted by Gasteiger charge is -2.09. The van der Waals surface area contributed by atoms with Crippen molar-refractivity contribution in [3.05, 3.63) is 61.4 Å². The van der Waals surface area contributed by atoms with Crippen molar-refractivity contribution in [3.8, 4) is 0 Å². The van der Waals surface area contributed by atoms with Gasteiger partial charge in [-0.3, -0.25) is 4.79 Å². The van der Waals surface area contributed by atoms with Crippen molar-refractivity contribution in [3.63, 3.8) is 0 Å². The molecule has 19 heavy (non-hydrogen) atoms. The summed E-state index contributed by atoms with van der Waals surface area (Å²) in [6.45, 7) is 1.92. The molecule has 0 aromatic heterocycles. The van der Waals surface area contributed by atoms with Crippen LogP contribution in [0.2, 0.25) is 0 Å². The molecule has 0 fully saturated rings. The van der Waals surface area contributed by atoms with Crippen LogP contribution in [0.4, 0.5) is 10.1 Å². The third-order valence-corrected chi connectivity index (χ3v) is 3.69. The average Bonchev–Trinajstić information content (AvgIpc) is 2.31. The molecule has 0 unspecified atom stereocenters. The van der Waals surface area contributed by atoms with Crippen molar-refractivity contribution >= 4 is 50.1 Å². The summed E-state index contributed by atoms with van der Waals surface area (Å²) >= 11 is 5.38. The number of carbonyl (C=O) groups excluding carboxylic acids is 1. The normalized spacial score (nSPS) is 10.3. The highest BCUT2D eigenvalue weighted by atomic mass is 127. The lowest BCUT2D eigenvalue weighted by Crippen LogP contribution is -2.13. The molecule has 0 spiro atoms. The third-order valence-electron chi connectivity index (χ3n) is 2.56. The van der Waals surface area contributed by atoms with Gasteiger partial charge in [0.05, 0.1) is 0 Å². The molecule has 98 valence electrons. The number of aryl methyl sites for hydroxylation is 1. The summed E-state index contributed by atoms with van der Waals surface area (Å²) < 4.78 is 14.9. The summed E-state index contributed by atoms with van der Waals surface area (Å²) in [4.78, 5) is 12.1. The molecule has 0 atom stereocenters. The predicted octanol–water partition coefficient (Wildman–Crippen LogP) is 4.75. The lowest BCUT2D eigenvalue weighted by atomic mass is 10.1. The van der Waals surface area contributed by atoms with Gasteiger partial charge in [-0.2, -0.15) is 0 Å². The molecule has 0 aliphatic carbocycles. The van der Waals surface area contributed by atoms with E-state index in [1.165, 1.54) is 12.1 Å². The second-order valence-electron chi connectivity index (χ2n) is 4.07. The van der Waals surface area contributed by atoms with E-state index in [0.717, 1.165) is 14.8 Å². The molecule has 0 aliphatic heterocycles. The minimum Gasteiger partial charge on any atom is -0.322 e. The topological polar surface area (TPSA) is 29.1 Å². The van der Waals surface area contributed by atoms with Gasteiger partial charge in [0.25, 0.3) is 5.91 Å². The Morgan fingerprint density at radius 2 is 2.00 bits per heavy atom. The second-order valence-corrected chi connectivity index (χ2v) is 6.23. The highest BCUT2D eigenvalue weighted by Gasteiger charge is 2.10. The van der Waals surface area contributed by atoms with Crippen molar-refractivity contribution in [1.29, 1.82) is 0 Å². The van der Waals surface area contributed by atoms with Crippen molar-refractivity contribution in [2.75, 3.05) is 5.32 Å². The zero-order chi connectivity index (χ0) is 14.0. The average molecular weight is 434 g/mol. The van der Waals surface area contributed by atoms with Gasteiger partial charge in [-0.15, -0.1) is 0 Å². The Hall–Kier alpha value is -0.950. The monoisotopic (exact) mass is 433 g/mol. The number of hydrogen-bond acceptors (Lipinski definition) is 1. The Morgan fingerprint density at radius 1 is 1.26 bits per heavy atom. The van der Waals surface area contributed by atoms with Crippen LogP contribution in [-0.2, 0) is 0 Å². The van der Waals surface area contributed by atoms with Crippen LogP contribution in [0, 0.1) is 16.3 Å². The molecule has 0 bridgehead atoms. The number of benzene rings is 2. The molecule has 5 heteroatoms. The summed E-state index contributed by atoms with van der Waals surface area (Å²) in [6, 6.07) is 9.82. The summed E-state index contributed by atoms with van der Waals surface area (Å²) in [5.41, 5.74) is 1.98. The number of anilines is 1. The number of rotatable bonds is 2. The van der Waals surface area contributed by atoms with Gasteiger partial charge >= 0.3 is 0 Å². The SMILES string of the molecule is Cc1cc(I)ccc1NC(=O)c1cc(F)cc(Br)c1. The van der Waals surface area contributed by atoms with Crippen LogP contribution in [0.3, 0.4) is 0 Å². The maximum Gasteiger partial charge on any atom is 0.255 e. The highest BCUT2D eigenvalue weighted by molar-refractivity contribution is 14.1. The van der Waals surface area contributed by atoms with Crippen LogP contribution in [0.1, 0.15) is 15.9 Å². The molecule has 0 aliphatic rings. The molecule has 1 N–H and O–H groups in total. The van der Waals surface area contributed by atoms with Crippen LogP contribution in [0.5, 0.6) is 0 Å². The third kappa shape index (κ3) is 3.76. The molecule has 0 heterocycles. The smallest absolute Gasteiger partial charge is 0.255 e. The number of halogens is 3. The fraction of sp³-hybridized carbons (Fsp3) is 0.0714. The Balaban J connectivity index is 2.25. The van der Waals surface area contributed by atoms with Crippen LogP contribution in [0.25, 0.3) is 0 Å². The number of hydrogen-bond donors (Lipinski definition) is 1. The minimum atomic E-state index is -0.446. The Kier molecular flexibility index (Phi) is 4.57. The zero-order valence-electron chi connectivity index (χ0n) is 10.0. The first-order valence-electron chi connectivity index (χ1n) is 5.49. The fourth-order valence-electron chi connectivity index (χ4n) is 1.65. The largest absolute Gasteiger partial charge is 0.322 e. The van der Waals surface area contributed by atoms with E-state index in [-0.39, 0.29) is 11.5 Å². The van der Waals surface area contributed by atoms with Gasteiger partial charge in [-0.1, -0.05) is 15.9 Å². The van der Waals surface area contributed by atoms with E-state index in [1.807, 2.05) is 25.1 Å².